The number of rotatable bonds is 6. The molecular formula is C22H29N3O2. The minimum atomic E-state index is 0.0893. The smallest absolute Gasteiger partial charge is 0.210 e. The van der Waals surface area contributed by atoms with E-state index < -0.39 is 0 Å². The Hall–Kier alpha value is -2.14. The first-order valence-electron chi connectivity index (χ1n) is 10.2. The van der Waals surface area contributed by atoms with Crippen LogP contribution in [-0.2, 0) is 9.53 Å². The molecule has 1 N–H and O–H groups in total. The molecule has 0 radical (unpaired) electrons. The second-order valence-electron chi connectivity index (χ2n) is 7.88. The molecule has 5 heteroatoms. The van der Waals surface area contributed by atoms with Crippen LogP contribution in [0.1, 0.15) is 61.6 Å². The fraction of sp³-hybridized carbons (Fsp3) is 0.545. The molecule has 1 saturated carbocycles. The molecule has 1 saturated heterocycles. The van der Waals surface area contributed by atoms with Gasteiger partial charge in [-0.2, -0.15) is 5.10 Å². The monoisotopic (exact) mass is 367 g/mol. The zero-order chi connectivity index (χ0) is 18.5. The van der Waals surface area contributed by atoms with Gasteiger partial charge in [-0.05, 0) is 56.1 Å². The van der Waals surface area contributed by atoms with Crippen LogP contribution in [-0.4, -0.2) is 46.8 Å². The van der Waals surface area contributed by atoms with Gasteiger partial charge in [-0.25, -0.2) is 0 Å². The largest absolute Gasteiger partial charge is 0.376 e. The zero-order valence-electron chi connectivity index (χ0n) is 15.8. The molecule has 0 spiro atoms. The van der Waals surface area contributed by atoms with Gasteiger partial charge in [0.05, 0.1) is 24.4 Å². The normalized spacial score (nSPS) is 28.8. The first-order chi connectivity index (χ1) is 13.3. The number of carbonyl (C=O) groups excluding carboxylic acids is 1. The molecule has 2 heterocycles. The van der Waals surface area contributed by atoms with Gasteiger partial charge >= 0.3 is 0 Å². The number of hydrogen-bond donors (Lipinski definition) is 1. The van der Waals surface area contributed by atoms with Gasteiger partial charge in [0.25, 0.3) is 0 Å². The summed E-state index contributed by atoms with van der Waals surface area (Å²) in [4.78, 5) is 13.5. The van der Waals surface area contributed by atoms with Gasteiger partial charge in [0.15, 0.2) is 0 Å². The number of amides is 1. The van der Waals surface area contributed by atoms with Gasteiger partial charge in [-0.15, -0.1) is 0 Å². The molecule has 2 aromatic rings. The molecule has 1 aromatic carbocycles. The van der Waals surface area contributed by atoms with Crippen LogP contribution < -0.4 is 0 Å². The van der Waals surface area contributed by atoms with Crippen molar-refractivity contribution in [2.24, 2.45) is 0 Å². The number of aromatic amines is 1. The quantitative estimate of drug-likeness (QED) is 0.789. The molecule has 0 unspecified atom stereocenters. The summed E-state index contributed by atoms with van der Waals surface area (Å²) in [5.74, 6) is 0.917. The van der Waals surface area contributed by atoms with E-state index in [1.807, 2.05) is 17.2 Å². The molecule has 2 fully saturated rings. The molecule has 2 atom stereocenters. The van der Waals surface area contributed by atoms with Crippen molar-refractivity contribution in [3.63, 3.8) is 0 Å². The van der Waals surface area contributed by atoms with Crippen molar-refractivity contribution in [2.45, 2.75) is 62.5 Å². The van der Waals surface area contributed by atoms with E-state index in [1.54, 1.807) is 0 Å². The van der Waals surface area contributed by atoms with Crippen molar-refractivity contribution >= 4 is 6.41 Å². The second kappa shape index (κ2) is 8.70. The van der Waals surface area contributed by atoms with Crippen molar-refractivity contribution in [2.75, 3.05) is 13.2 Å². The van der Waals surface area contributed by atoms with Crippen LogP contribution in [0, 0.1) is 0 Å². The summed E-state index contributed by atoms with van der Waals surface area (Å²) >= 11 is 0. The highest BCUT2D eigenvalue weighted by Crippen LogP contribution is 2.35. The van der Waals surface area contributed by atoms with Crippen LogP contribution in [0.25, 0.3) is 0 Å². The predicted molar refractivity (Wildman–Crippen MR) is 105 cm³/mol. The van der Waals surface area contributed by atoms with E-state index in [0.717, 1.165) is 44.3 Å². The lowest BCUT2D eigenvalue weighted by atomic mass is 9.82. The number of hydrogen-bond acceptors (Lipinski definition) is 3. The summed E-state index contributed by atoms with van der Waals surface area (Å²) in [6, 6.07) is 12.9. The molecule has 1 amide bonds. The molecule has 0 bridgehead atoms. The number of carbonyl (C=O) groups is 1. The van der Waals surface area contributed by atoms with Crippen LogP contribution in [0.3, 0.4) is 0 Å². The Bertz CT molecular complexity index is 696. The number of piperidine rings is 1. The molecule has 4 rings (SSSR count). The topological polar surface area (TPSA) is 58.2 Å². The third-order valence-electron chi connectivity index (χ3n) is 6.31. The molecule has 1 aromatic heterocycles. The maximum atomic E-state index is 11.6. The Morgan fingerprint density at radius 2 is 1.93 bits per heavy atom. The highest BCUT2D eigenvalue weighted by molar-refractivity contribution is 5.48. The SMILES string of the molecule is O=CN1CCC[C@H](c2cc[nH]n2)[C@@H]1CO[C@H]1CC[C@@H](c2ccccc2)CC1. The minimum Gasteiger partial charge on any atom is -0.376 e. The minimum absolute atomic E-state index is 0.0893. The third kappa shape index (κ3) is 4.24. The molecular weight excluding hydrogens is 338 g/mol. The molecule has 5 nitrogen and oxygen atoms in total. The number of likely N-dealkylation sites (tertiary alicyclic amines) is 1. The highest BCUT2D eigenvalue weighted by atomic mass is 16.5. The van der Waals surface area contributed by atoms with Gasteiger partial charge in [0.1, 0.15) is 0 Å². The average Bonchev–Trinajstić information content (AvgIpc) is 3.28. The van der Waals surface area contributed by atoms with E-state index in [2.05, 4.69) is 40.5 Å². The number of nitrogens with zero attached hydrogens (tertiary/aromatic N) is 2. The van der Waals surface area contributed by atoms with Gasteiger partial charge in [-0.3, -0.25) is 9.89 Å². The predicted octanol–water partition coefficient (Wildman–Crippen LogP) is 3.86. The van der Waals surface area contributed by atoms with E-state index >= 15 is 0 Å². The van der Waals surface area contributed by atoms with Crippen molar-refractivity contribution < 1.29 is 9.53 Å². The number of H-pyrrole nitrogens is 1. The van der Waals surface area contributed by atoms with Gasteiger partial charge in [0, 0.05) is 18.7 Å². The van der Waals surface area contributed by atoms with Crippen molar-refractivity contribution in [1.29, 1.82) is 0 Å². The number of benzene rings is 1. The van der Waals surface area contributed by atoms with E-state index in [0.29, 0.717) is 18.6 Å². The van der Waals surface area contributed by atoms with E-state index in [1.165, 1.54) is 18.4 Å². The molecule has 27 heavy (non-hydrogen) atoms. The Labute approximate surface area is 161 Å². The zero-order valence-corrected chi connectivity index (χ0v) is 15.8. The van der Waals surface area contributed by atoms with E-state index in [4.69, 9.17) is 4.74 Å². The average molecular weight is 367 g/mol. The second-order valence-corrected chi connectivity index (χ2v) is 7.88. The molecule has 1 aliphatic heterocycles. The highest BCUT2D eigenvalue weighted by Gasteiger charge is 2.34. The lowest BCUT2D eigenvalue weighted by Gasteiger charge is -2.39. The van der Waals surface area contributed by atoms with Gasteiger partial charge in [0.2, 0.25) is 6.41 Å². The van der Waals surface area contributed by atoms with Crippen molar-refractivity contribution in [3.05, 3.63) is 53.9 Å². The van der Waals surface area contributed by atoms with Crippen LogP contribution in [0.5, 0.6) is 0 Å². The fourth-order valence-corrected chi connectivity index (χ4v) is 4.77. The summed E-state index contributed by atoms with van der Waals surface area (Å²) in [6.45, 7) is 1.43. The fourth-order valence-electron chi connectivity index (χ4n) is 4.77. The van der Waals surface area contributed by atoms with Crippen LogP contribution in [0.4, 0.5) is 0 Å². The van der Waals surface area contributed by atoms with Crippen LogP contribution in [0.15, 0.2) is 42.6 Å². The maximum absolute atomic E-state index is 11.6. The van der Waals surface area contributed by atoms with Gasteiger partial charge < -0.3 is 9.64 Å². The van der Waals surface area contributed by atoms with Crippen molar-refractivity contribution in [1.82, 2.24) is 15.1 Å². The summed E-state index contributed by atoms with van der Waals surface area (Å²) in [5, 5.41) is 7.28. The Kier molecular flexibility index (Phi) is 5.87. The Balaban J connectivity index is 1.33. The lowest BCUT2D eigenvalue weighted by molar-refractivity contribution is -0.125. The Morgan fingerprint density at radius 3 is 2.63 bits per heavy atom. The maximum Gasteiger partial charge on any atom is 0.210 e. The number of nitrogens with one attached hydrogen (secondary N) is 1. The lowest BCUT2D eigenvalue weighted by Crippen LogP contribution is -2.47. The first kappa shape index (κ1) is 18.2. The summed E-state index contributed by atoms with van der Waals surface area (Å²) in [5.41, 5.74) is 2.50. The molecule has 144 valence electrons. The third-order valence-corrected chi connectivity index (χ3v) is 6.31. The van der Waals surface area contributed by atoms with Gasteiger partial charge in [-0.1, -0.05) is 30.3 Å². The standard InChI is InChI=1S/C22H29N3O2/c26-16-25-14-4-7-20(21-12-13-23-24-21)22(25)15-27-19-10-8-18(9-11-19)17-5-2-1-3-6-17/h1-3,5-6,12-13,16,18-20,22H,4,7-11,14-15H2,(H,23,24)/t18-,19+,20-,22+/m1/s1. The summed E-state index contributed by atoms with van der Waals surface area (Å²) < 4.78 is 6.33. The van der Waals surface area contributed by atoms with Crippen molar-refractivity contribution in [3.8, 4) is 0 Å². The van der Waals surface area contributed by atoms with Crippen LogP contribution >= 0.6 is 0 Å². The summed E-state index contributed by atoms with van der Waals surface area (Å²) in [7, 11) is 0. The van der Waals surface area contributed by atoms with Crippen LogP contribution in [0.2, 0.25) is 0 Å². The molecule has 2 aliphatic rings. The van der Waals surface area contributed by atoms with E-state index in [9.17, 15) is 4.79 Å². The summed E-state index contributed by atoms with van der Waals surface area (Å²) in [6.07, 6.45) is 9.79. The first-order valence-corrected chi connectivity index (χ1v) is 10.2. The molecule has 1 aliphatic carbocycles. The number of aromatic nitrogens is 2. The number of ether oxygens (including phenoxy) is 1. The van der Waals surface area contributed by atoms with E-state index in [-0.39, 0.29) is 12.0 Å². The Morgan fingerprint density at radius 1 is 1.11 bits per heavy atom.